The van der Waals surface area contributed by atoms with Crippen molar-refractivity contribution in [2.75, 3.05) is 13.6 Å². The highest BCUT2D eigenvalue weighted by Gasteiger charge is 2.30. The number of allylic oxidation sites excluding steroid dienone is 2. The predicted octanol–water partition coefficient (Wildman–Crippen LogP) is 2.20. The number of nitrogens with one attached hydrogen (secondary N) is 1. The van der Waals surface area contributed by atoms with Gasteiger partial charge in [0.2, 0.25) is 11.8 Å². The van der Waals surface area contributed by atoms with E-state index in [0.29, 0.717) is 13.0 Å². The number of likely N-dealkylation sites (N-methyl/N-ethyl adjacent to an activating group) is 1. The molecule has 6 heteroatoms. The summed E-state index contributed by atoms with van der Waals surface area (Å²) >= 11 is 0. The Hall–Kier alpha value is -1.85. The quantitative estimate of drug-likeness (QED) is 0.772. The normalized spacial score (nSPS) is 24.6. The average molecular weight is 338 g/mol. The number of carboxylic acid groups (broad SMARTS) is 1. The first-order valence-electron chi connectivity index (χ1n) is 8.75. The van der Waals surface area contributed by atoms with Gasteiger partial charge < -0.3 is 15.3 Å². The van der Waals surface area contributed by atoms with E-state index >= 15 is 0 Å². The first-order chi connectivity index (χ1) is 11.3. The van der Waals surface area contributed by atoms with Crippen molar-refractivity contribution in [2.45, 2.75) is 58.4 Å². The van der Waals surface area contributed by atoms with Crippen molar-refractivity contribution >= 4 is 17.8 Å². The first kappa shape index (κ1) is 20.2. The van der Waals surface area contributed by atoms with Crippen LogP contribution in [0.15, 0.2) is 12.2 Å². The van der Waals surface area contributed by atoms with Crippen molar-refractivity contribution in [1.82, 2.24) is 10.2 Å². The van der Waals surface area contributed by atoms with E-state index in [1.54, 1.807) is 11.9 Å². The lowest BCUT2D eigenvalue weighted by Gasteiger charge is -2.28. The number of carbonyl (C=O) groups is 3. The average Bonchev–Trinajstić information content (AvgIpc) is 2.51. The zero-order chi connectivity index (χ0) is 18.1. The molecule has 1 aliphatic heterocycles. The van der Waals surface area contributed by atoms with Crippen LogP contribution in [0.3, 0.4) is 0 Å². The predicted molar refractivity (Wildman–Crippen MR) is 92.4 cm³/mol. The zero-order valence-electron chi connectivity index (χ0n) is 15.0. The Morgan fingerprint density at radius 2 is 1.92 bits per heavy atom. The van der Waals surface area contributed by atoms with E-state index in [-0.39, 0.29) is 24.2 Å². The molecule has 0 aromatic heterocycles. The molecule has 0 spiro atoms. The molecule has 0 bridgehead atoms. The third-order valence-electron chi connectivity index (χ3n) is 4.35. The minimum absolute atomic E-state index is 0.0535. The molecular weight excluding hydrogens is 308 g/mol. The standard InChI is InChI=1S/C18H30N2O4/c1-13(2)16-18(24)20(3)11-9-7-5-4-6-8-10-14(12-15(21)22)17(23)19-16/h4-5,13-14,16H,6-12H2,1-3H3,(H,19,23)(H,21,22). The van der Waals surface area contributed by atoms with E-state index in [0.717, 1.165) is 25.7 Å². The maximum Gasteiger partial charge on any atom is 0.304 e. The summed E-state index contributed by atoms with van der Waals surface area (Å²) in [4.78, 5) is 37.8. The van der Waals surface area contributed by atoms with Gasteiger partial charge in [0.05, 0.1) is 6.42 Å². The van der Waals surface area contributed by atoms with Crippen molar-refractivity contribution in [1.29, 1.82) is 0 Å². The van der Waals surface area contributed by atoms with Crippen LogP contribution in [0.1, 0.15) is 52.4 Å². The maximum absolute atomic E-state index is 12.6. The van der Waals surface area contributed by atoms with Crippen LogP contribution in [0.5, 0.6) is 0 Å². The lowest BCUT2D eigenvalue weighted by molar-refractivity contribution is -0.142. The number of aliphatic carboxylic acids is 1. The molecule has 0 aromatic carbocycles. The number of rotatable bonds is 3. The highest BCUT2D eigenvalue weighted by atomic mass is 16.4. The van der Waals surface area contributed by atoms with Crippen molar-refractivity contribution in [3.63, 3.8) is 0 Å². The molecule has 136 valence electrons. The van der Waals surface area contributed by atoms with Gasteiger partial charge in [0.1, 0.15) is 6.04 Å². The lowest BCUT2D eigenvalue weighted by atomic mass is 9.95. The second kappa shape index (κ2) is 10.1. The lowest BCUT2D eigenvalue weighted by Crippen LogP contribution is -2.52. The second-order valence-corrected chi connectivity index (χ2v) is 6.83. The molecule has 0 fully saturated rings. The molecule has 2 N–H and O–H groups in total. The van der Waals surface area contributed by atoms with Crippen molar-refractivity contribution in [2.24, 2.45) is 11.8 Å². The van der Waals surface area contributed by atoms with E-state index in [9.17, 15) is 14.4 Å². The number of carbonyl (C=O) groups excluding carboxylic acids is 2. The molecule has 24 heavy (non-hydrogen) atoms. The Bertz CT molecular complexity index is 474. The molecule has 6 nitrogen and oxygen atoms in total. The topological polar surface area (TPSA) is 86.7 Å². The molecule has 2 unspecified atom stereocenters. The number of hydrogen-bond donors (Lipinski definition) is 2. The smallest absolute Gasteiger partial charge is 0.304 e. The van der Waals surface area contributed by atoms with Gasteiger partial charge in [-0.25, -0.2) is 0 Å². The summed E-state index contributed by atoms with van der Waals surface area (Å²) in [7, 11) is 1.74. The van der Waals surface area contributed by atoms with Crippen LogP contribution in [0.2, 0.25) is 0 Å². The Kier molecular flexibility index (Phi) is 8.50. The Morgan fingerprint density at radius 3 is 2.50 bits per heavy atom. The fourth-order valence-electron chi connectivity index (χ4n) is 2.83. The fourth-order valence-corrected chi connectivity index (χ4v) is 2.83. The van der Waals surface area contributed by atoms with Gasteiger partial charge in [-0.05, 0) is 38.0 Å². The minimum Gasteiger partial charge on any atom is -0.481 e. The number of nitrogens with zero attached hydrogens (tertiary/aromatic N) is 1. The van der Waals surface area contributed by atoms with Gasteiger partial charge in [0.15, 0.2) is 0 Å². The van der Waals surface area contributed by atoms with Crippen molar-refractivity contribution in [3.8, 4) is 0 Å². The molecule has 0 aromatic rings. The van der Waals surface area contributed by atoms with Gasteiger partial charge in [-0.3, -0.25) is 14.4 Å². The molecule has 0 radical (unpaired) electrons. The Balaban J connectivity index is 2.94. The van der Waals surface area contributed by atoms with Crippen LogP contribution in [0.4, 0.5) is 0 Å². The maximum atomic E-state index is 12.6. The van der Waals surface area contributed by atoms with Crippen LogP contribution in [0, 0.1) is 11.8 Å². The molecule has 2 atom stereocenters. The van der Waals surface area contributed by atoms with Crippen LogP contribution in [-0.2, 0) is 14.4 Å². The summed E-state index contributed by atoms with van der Waals surface area (Å²) in [6, 6.07) is -0.614. The third-order valence-corrected chi connectivity index (χ3v) is 4.35. The van der Waals surface area contributed by atoms with Crippen molar-refractivity contribution < 1.29 is 19.5 Å². The van der Waals surface area contributed by atoms with Crippen LogP contribution in [0.25, 0.3) is 0 Å². The van der Waals surface area contributed by atoms with Gasteiger partial charge in [0, 0.05) is 19.5 Å². The molecule has 0 aliphatic carbocycles. The first-order valence-corrected chi connectivity index (χ1v) is 8.75. The Labute approximate surface area is 144 Å². The minimum atomic E-state index is -0.989. The summed E-state index contributed by atoms with van der Waals surface area (Å²) in [5, 5.41) is 11.8. The number of hydrogen-bond acceptors (Lipinski definition) is 3. The van der Waals surface area contributed by atoms with Crippen molar-refractivity contribution in [3.05, 3.63) is 12.2 Å². The molecule has 1 aliphatic rings. The Morgan fingerprint density at radius 1 is 1.29 bits per heavy atom. The van der Waals surface area contributed by atoms with Gasteiger partial charge >= 0.3 is 5.97 Å². The van der Waals surface area contributed by atoms with E-state index in [4.69, 9.17) is 5.11 Å². The molecule has 2 amide bonds. The fraction of sp³-hybridized carbons (Fsp3) is 0.722. The summed E-state index contributed by atoms with van der Waals surface area (Å²) in [6.07, 6.45) is 7.88. The number of carboxylic acids is 1. The largest absolute Gasteiger partial charge is 0.481 e. The van der Waals surface area contributed by atoms with Crippen LogP contribution < -0.4 is 5.32 Å². The molecule has 0 saturated heterocycles. The monoisotopic (exact) mass is 338 g/mol. The zero-order valence-corrected chi connectivity index (χ0v) is 15.0. The third kappa shape index (κ3) is 6.72. The molecule has 1 heterocycles. The summed E-state index contributed by atoms with van der Waals surface area (Å²) < 4.78 is 0. The summed E-state index contributed by atoms with van der Waals surface area (Å²) in [5.74, 6) is -2.09. The highest BCUT2D eigenvalue weighted by Crippen LogP contribution is 2.16. The highest BCUT2D eigenvalue weighted by molar-refractivity contribution is 5.90. The van der Waals surface area contributed by atoms with Gasteiger partial charge in [-0.2, -0.15) is 0 Å². The van der Waals surface area contributed by atoms with Gasteiger partial charge in [-0.15, -0.1) is 0 Å². The van der Waals surface area contributed by atoms with E-state index in [1.165, 1.54) is 0 Å². The van der Waals surface area contributed by atoms with Gasteiger partial charge in [0.25, 0.3) is 0 Å². The van der Waals surface area contributed by atoms with E-state index < -0.39 is 17.9 Å². The second-order valence-electron chi connectivity index (χ2n) is 6.83. The molecular formula is C18H30N2O4. The van der Waals surface area contributed by atoms with Gasteiger partial charge in [-0.1, -0.05) is 26.0 Å². The number of amides is 2. The summed E-state index contributed by atoms with van der Waals surface area (Å²) in [6.45, 7) is 4.41. The molecule has 1 rings (SSSR count). The molecule has 0 saturated carbocycles. The van der Waals surface area contributed by atoms with E-state index in [2.05, 4.69) is 17.5 Å². The van der Waals surface area contributed by atoms with Crippen LogP contribution in [-0.4, -0.2) is 47.4 Å². The SMILES string of the molecule is CC(C)C1NC(=O)C(CC(=O)O)CCCC=CCCCN(C)C1=O. The van der Waals surface area contributed by atoms with Crippen LogP contribution >= 0.6 is 0 Å². The van der Waals surface area contributed by atoms with E-state index in [1.807, 2.05) is 13.8 Å². The summed E-state index contributed by atoms with van der Waals surface area (Å²) in [5.41, 5.74) is 0.